The molecule has 1 aromatic carbocycles. The monoisotopic (exact) mass is 388 g/mol. The minimum atomic E-state index is -0.250. The summed E-state index contributed by atoms with van der Waals surface area (Å²) in [4.78, 5) is 24.4. The molecule has 1 saturated heterocycles. The standard InChI is InChI=1S/C14H18IN3O2/c15-11-5-1-2-6-12(11)17-13(19)9-18-7-3-4-10(8-18)14(16)20/h1-2,5-6,10H,3-4,7-9H2,(H2,16,20)(H,17,19)/p+1/t10-/m0/s1. The van der Waals surface area contributed by atoms with Crippen LogP contribution in [0.15, 0.2) is 24.3 Å². The van der Waals surface area contributed by atoms with Gasteiger partial charge >= 0.3 is 0 Å². The summed E-state index contributed by atoms with van der Waals surface area (Å²) in [5.41, 5.74) is 6.18. The molecule has 0 saturated carbocycles. The average molecular weight is 388 g/mol. The van der Waals surface area contributed by atoms with Gasteiger partial charge in [-0.15, -0.1) is 0 Å². The molecule has 5 nitrogen and oxygen atoms in total. The van der Waals surface area contributed by atoms with E-state index in [2.05, 4.69) is 27.9 Å². The van der Waals surface area contributed by atoms with E-state index in [4.69, 9.17) is 5.73 Å². The van der Waals surface area contributed by atoms with Gasteiger partial charge in [0.1, 0.15) is 0 Å². The first-order chi connectivity index (χ1) is 9.56. The maximum atomic E-state index is 12.1. The number of benzene rings is 1. The predicted molar refractivity (Wildman–Crippen MR) is 85.3 cm³/mol. The van der Waals surface area contributed by atoms with Crippen molar-refractivity contribution in [1.29, 1.82) is 0 Å². The van der Waals surface area contributed by atoms with Crippen molar-refractivity contribution in [3.63, 3.8) is 0 Å². The van der Waals surface area contributed by atoms with E-state index in [1.807, 2.05) is 24.3 Å². The zero-order valence-electron chi connectivity index (χ0n) is 11.2. The number of likely N-dealkylation sites (tertiary alicyclic amines) is 1. The molecule has 0 bridgehead atoms. The van der Waals surface area contributed by atoms with Crippen molar-refractivity contribution >= 4 is 40.1 Å². The van der Waals surface area contributed by atoms with E-state index in [9.17, 15) is 9.59 Å². The molecule has 108 valence electrons. The second-order valence-electron chi connectivity index (χ2n) is 5.15. The molecule has 0 aromatic heterocycles. The topological polar surface area (TPSA) is 76.6 Å². The van der Waals surface area contributed by atoms with E-state index in [1.165, 1.54) is 0 Å². The molecule has 0 radical (unpaired) electrons. The fourth-order valence-electron chi connectivity index (χ4n) is 2.54. The van der Waals surface area contributed by atoms with Crippen LogP contribution >= 0.6 is 22.6 Å². The molecule has 20 heavy (non-hydrogen) atoms. The van der Waals surface area contributed by atoms with Gasteiger partial charge in [-0.05, 0) is 47.6 Å². The Labute approximate surface area is 132 Å². The fourth-order valence-corrected chi connectivity index (χ4v) is 3.06. The predicted octanol–water partition coefficient (Wildman–Crippen LogP) is 0.00990. The number of nitrogens with two attached hydrogens (primary N) is 1. The van der Waals surface area contributed by atoms with Gasteiger partial charge in [-0.25, -0.2) is 0 Å². The zero-order valence-corrected chi connectivity index (χ0v) is 13.4. The van der Waals surface area contributed by atoms with Crippen LogP contribution in [0.25, 0.3) is 0 Å². The van der Waals surface area contributed by atoms with Crippen LogP contribution in [0.1, 0.15) is 12.8 Å². The molecule has 2 amide bonds. The van der Waals surface area contributed by atoms with Gasteiger partial charge in [-0.2, -0.15) is 0 Å². The molecule has 4 N–H and O–H groups in total. The highest BCUT2D eigenvalue weighted by Crippen LogP contribution is 2.16. The van der Waals surface area contributed by atoms with E-state index in [0.717, 1.165) is 33.5 Å². The van der Waals surface area contributed by atoms with Gasteiger partial charge in [0.15, 0.2) is 6.54 Å². The van der Waals surface area contributed by atoms with Gasteiger partial charge in [0, 0.05) is 3.57 Å². The van der Waals surface area contributed by atoms with Crippen LogP contribution in [0.5, 0.6) is 0 Å². The molecule has 1 aliphatic rings. The second kappa shape index (κ2) is 7.03. The Balaban J connectivity index is 1.88. The fraction of sp³-hybridized carbons (Fsp3) is 0.429. The number of nitrogens with one attached hydrogen (secondary N) is 2. The van der Waals surface area contributed by atoms with E-state index >= 15 is 0 Å². The van der Waals surface area contributed by atoms with Crippen LogP contribution in [0.4, 0.5) is 5.69 Å². The third-order valence-corrected chi connectivity index (χ3v) is 4.52. The van der Waals surface area contributed by atoms with Gasteiger partial charge in [0.05, 0.1) is 24.7 Å². The van der Waals surface area contributed by atoms with Gasteiger partial charge < -0.3 is 16.0 Å². The SMILES string of the molecule is NC(=O)[C@H]1CCC[NH+](CC(=O)Nc2ccccc2I)C1. The third kappa shape index (κ3) is 4.17. The Morgan fingerprint density at radius 3 is 2.85 bits per heavy atom. The average Bonchev–Trinajstić information content (AvgIpc) is 2.41. The van der Waals surface area contributed by atoms with Crippen molar-refractivity contribution in [2.24, 2.45) is 11.7 Å². The molecule has 1 unspecified atom stereocenters. The minimum absolute atomic E-state index is 0.0192. The van der Waals surface area contributed by atoms with Crippen LogP contribution in [-0.2, 0) is 9.59 Å². The number of hydrogen-bond acceptors (Lipinski definition) is 2. The smallest absolute Gasteiger partial charge is 0.279 e. The highest BCUT2D eigenvalue weighted by atomic mass is 127. The molecule has 0 spiro atoms. The molecule has 2 atom stereocenters. The largest absolute Gasteiger partial charge is 0.369 e. The van der Waals surface area contributed by atoms with E-state index in [0.29, 0.717) is 13.1 Å². The molecule has 1 fully saturated rings. The second-order valence-corrected chi connectivity index (χ2v) is 6.31. The first-order valence-corrected chi connectivity index (χ1v) is 7.81. The molecular weight excluding hydrogens is 369 g/mol. The summed E-state index contributed by atoms with van der Waals surface area (Å²) in [5, 5.41) is 2.92. The highest BCUT2D eigenvalue weighted by molar-refractivity contribution is 14.1. The Morgan fingerprint density at radius 1 is 1.40 bits per heavy atom. The van der Waals surface area contributed by atoms with Gasteiger partial charge in [-0.1, -0.05) is 12.1 Å². The van der Waals surface area contributed by atoms with Gasteiger partial charge in [-0.3, -0.25) is 9.59 Å². The minimum Gasteiger partial charge on any atom is -0.369 e. The van der Waals surface area contributed by atoms with Crippen molar-refractivity contribution < 1.29 is 14.5 Å². The van der Waals surface area contributed by atoms with Gasteiger partial charge in [0.2, 0.25) is 5.91 Å². The molecular formula is C14H19IN3O2+. The van der Waals surface area contributed by atoms with E-state index in [1.54, 1.807) is 0 Å². The number of piperidine rings is 1. The number of rotatable bonds is 4. The maximum Gasteiger partial charge on any atom is 0.279 e. The normalized spacial score (nSPS) is 22.2. The lowest BCUT2D eigenvalue weighted by molar-refractivity contribution is -0.899. The summed E-state index contributed by atoms with van der Waals surface area (Å²) < 4.78 is 1.02. The molecule has 6 heteroatoms. The van der Waals surface area contributed by atoms with E-state index < -0.39 is 0 Å². The molecule has 0 aliphatic carbocycles. The van der Waals surface area contributed by atoms with Crippen molar-refractivity contribution in [2.45, 2.75) is 12.8 Å². The summed E-state index contributed by atoms with van der Waals surface area (Å²) in [6, 6.07) is 7.67. The zero-order chi connectivity index (χ0) is 14.5. The van der Waals surface area contributed by atoms with Crippen LogP contribution in [-0.4, -0.2) is 31.4 Å². The summed E-state index contributed by atoms with van der Waals surface area (Å²) in [6.07, 6.45) is 1.79. The Morgan fingerprint density at radius 2 is 2.15 bits per heavy atom. The summed E-state index contributed by atoms with van der Waals surface area (Å²) in [5.74, 6) is -0.363. The molecule has 1 aromatic rings. The summed E-state index contributed by atoms with van der Waals surface area (Å²) in [7, 11) is 0. The van der Waals surface area contributed by atoms with E-state index in [-0.39, 0.29) is 17.7 Å². The van der Waals surface area contributed by atoms with Crippen LogP contribution in [0, 0.1) is 9.49 Å². The number of amides is 2. The first-order valence-electron chi connectivity index (χ1n) is 6.73. The summed E-state index contributed by atoms with van der Waals surface area (Å²) >= 11 is 2.19. The van der Waals surface area contributed by atoms with Crippen LogP contribution in [0.2, 0.25) is 0 Å². The number of halogens is 1. The summed E-state index contributed by atoms with van der Waals surface area (Å²) in [6.45, 7) is 1.96. The number of primary amides is 1. The van der Waals surface area contributed by atoms with Crippen molar-refractivity contribution in [1.82, 2.24) is 0 Å². The molecule has 2 rings (SSSR count). The third-order valence-electron chi connectivity index (χ3n) is 3.58. The Kier molecular flexibility index (Phi) is 5.36. The lowest BCUT2D eigenvalue weighted by Gasteiger charge is -2.27. The highest BCUT2D eigenvalue weighted by Gasteiger charge is 2.28. The Hall–Kier alpha value is -1.15. The number of carbonyl (C=O) groups excluding carboxylic acids is 2. The quantitative estimate of drug-likeness (QED) is 0.636. The number of hydrogen-bond donors (Lipinski definition) is 3. The Bertz CT molecular complexity index is 507. The van der Waals surface area contributed by atoms with Crippen LogP contribution < -0.4 is 16.0 Å². The number of para-hydroxylation sites is 1. The lowest BCUT2D eigenvalue weighted by Crippen LogP contribution is -3.14. The van der Waals surface area contributed by atoms with Crippen molar-refractivity contribution in [2.75, 3.05) is 25.0 Å². The first kappa shape index (κ1) is 15.2. The number of anilines is 1. The van der Waals surface area contributed by atoms with Crippen molar-refractivity contribution in [3.8, 4) is 0 Å². The van der Waals surface area contributed by atoms with Gasteiger partial charge in [0.25, 0.3) is 5.91 Å². The maximum absolute atomic E-state index is 12.1. The van der Waals surface area contributed by atoms with Crippen LogP contribution in [0.3, 0.4) is 0 Å². The van der Waals surface area contributed by atoms with Crippen molar-refractivity contribution in [3.05, 3.63) is 27.8 Å². The molecule has 1 heterocycles. The number of quaternary nitrogens is 1. The lowest BCUT2D eigenvalue weighted by atomic mass is 9.97. The number of carbonyl (C=O) groups is 2. The molecule has 1 aliphatic heterocycles.